The van der Waals surface area contributed by atoms with E-state index in [-0.39, 0.29) is 17.9 Å². The van der Waals surface area contributed by atoms with Crippen molar-refractivity contribution in [1.29, 1.82) is 0 Å². The standard InChI is InChI=1S/C34H42N2O4/c1-22-18-27(14-17-32(22)39-2)24-8-6-23(7-9-24)21-36(34(38)26-12-15-30(37)16-13-26)29-5-3-4-28(19-29)33-20-31(35-40-33)25-10-11-25/h3-5,14,17-20,23-26,30,37H,6-13,15-16,21H2,1-2H3/t23-,24-,26-,30-. The minimum atomic E-state index is -0.273. The third-order valence-electron chi connectivity index (χ3n) is 9.46. The summed E-state index contributed by atoms with van der Waals surface area (Å²) in [6, 6.07) is 16.9. The Morgan fingerprint density at radius 2 is 1.70 bits per heavy atom. The van der Waals surface area contributed by atoms with Crippen molar-refractivity contribution in [3.05, 3.63) is 65.4 Å². The number of hydrogen-bond acceptors (Lipinski definition) is 5. The van der Waals surface area contributed by atoms with Crippen LogP contribution in [0.15, 0.2) is 53.1 Å². The van der Waals surface area contributed by atoms with E-state index in [9.17, 15) is 9.90 Å². The molecule has 6 nitrogen and oxygen atoms in total. The molecule has 212 valence electrons. The number of methoxy groups -OCH3 is 1. The van der Waals surface area contributed by atoms with Crippen molar-refractivity contribution in [1.82, 2.24) is 5.16 Å². The molecule has 6 heteroatoms. The first-order valence-electron chi connectivity index (χ1n) is 15.2. The number of benzene rings is 2. The SMILES string of the molecule is COc1ccc([C@H]2CC[C@H](CN(c3cccc(-c4cc(C5CC5)no4)c3)C(=O)[C@H]3CC[C@H](O)CC3)CC2)cc1C. The lowest BCUT2D eigenvalue weighted by Crippen LogP contribution is -2.41. The molecule has 3 fully saturated rings. The van der Waals surface area contributed by atoms with E-state index in [4.69, 9.17) is 9.26 Å². The Hall–Kier alpha value is -3.12. The number of aliphatic hydroxyl groups is 1. The van der Waals surface area contributed by atoms with Crippen molar-refractivity contribution in [3.8, 4) is 17.1 Å². The summed E-state index contributed by atoms with van der Waals surface area (Å²) in [7, 11) is 1.72. The first-order valence-corrected chi connectivity index (χ1v) is 15.2. The average molecular weight is 543 g/mol. The summed E-state index contributed by atoms with van der Waals surface area (Å²) >= 11 is 0. The van der Waals surface area contributed by atoms with E-state index in [1.807, 2.05) is 17.0 Å². The topological polar surface area (TPSA) is 75.8 Å². The number of aromatic nitrogens is 1. The Bertz CT molecular complexity index is 1310. The molecule has 0 bridgehead atoms. The van der Waals surface area contributed by atoms with Gasteiger partial charge in [-0.05, 0) is 112 Å². The highest BCUT2D eigenvalue weighted by Gasteiger charge is 2.33. The Balaban J connectivity index is 1.19. The second-order valence-electron chi connectivity index (χ2n) is 12.3. The summed E-state index contributed by atoms with van der Waals surface area (Å²) in [6.07, 6.45) is 9.51. The number of carbonyl (C=O) groups is 1. The molecule has 0 radical (unpaired) electrons. The largest absolute Gasteiger partial charge is 0.496 e. The lowest BCUT2D eigenvalue weighted by Gasteiger charge is -2.36. The number of carbonyl (C=O) groups excluding carboxylic acids is 1. The first kappa shape index (κ1) is 27.1. The van der Waals surface area contributed by atoms with Gasteiger partial charge in [0.05, 0.1) is 18.9 Å². The van der Waals surface area contributed by atoms with Crippen molar-refractivity contribution >= 4 is 11.6 Å². The van der Waals surface area contributed by atoms with Crippen molar-refractivity contribution in [2.75, 3.05) is 18.6 Å². The first-order chi connectivity index (χ1) is 19.5. The monoisotopic (exact) mass is 542 g/mol. The molecule has 0 saturated heterocycles. The molecule has 1 aromatic heterocycles. The molecule has 0 atom stereocenters. The molecule has 1 amide bonds. The van der Waals surface area contributed by atoms with Crippen molar-refractivity contribution in [3.63, 3.8) is 0 Å². The van der Waals surface area contributed by atoms with Crippen LogP contribution in [0.2, 0.25) is 0 Å². The van der Waals surface area contributed by atoms with Gasteiger partial charge in [-0.15, -0.1) is 0 Å². The molecule has 0 spiro atoms. The Morgan fingerprint density at radius 3 is 2.40 bits per heavy atom. The summed E-state index contributed by atoms with van der Waals surface area (Å²) in [5.41, 5.74) is 5.53. The van der Waals surface area contributed by atoms with Gasteiger partial charge in [-0.2, -0.15) is 0 Å². The molecule has 3 aromatic rings. The summed E-state index contributed by atoms with van der Waals surface area (Å²) in [5.74, 6) is 3.44. The van der Waals surface area contributed by atoms with E-state index in [1.54, 1.807) is 7.11 Å². The normalized spacial score (nSPS) is 25.0. The van der Waals surface area contributed by atoms with Gasteiger partial charge in [0.2, 0.25) is 5.91 Å². The van der Waals surface area contributed by atoms with Crippen molar-refractivity contribution in [2.24, 2.45) is 11.8 Å². The fourth-order valence-corrected chi connectivity index (χ4v) is 6.78. The maximum absolute atomic E-state index is 14.0. The van der Waals surface area contributed by atoms with Gasteiger partial charge in [-0.25, -0.2) is 0 Å². The van der Waals surface area contributed by atoms with Gasteiger partial charge in [0.15, 0.2) is 5.76 Å². The van der Waals surface area contributed by atoms with Crippen LogP contribution in [0.3, 0.4) is 0 Å². The zero-order valence-electron chi connectivity index (χ0n) is 23.9. The average Bonchev–Trinajstić information content (AvgIpc) is 3.72. The second-order valence-corrected chi connectivity index (χ2v) is 12.3. The quantitative estimate of drug-likeness (QED) is 0.321. The third-order valence-corrected chi connectivity index (χ3v) is 9.46. The van der Waals surface area contributed by atoms with E-state index in [2.05, 4.69) is 48.5 Å². The highest BCUT2D eigenvalue weighted by atomic mass is 16.5. The molecule has 1 N–H and O–H groups in total. The number of anilines is 1. The van der Waals surface area contributed by atoms with E-state index in [0.717, 1.165) is 73.5 Å². The minimum absolute atomic E-state index is 0.0302. The number of aliphatic hydroxyl groups excluding tert-OH is 1. The van der Waals surface area contributed by atoms with E-state index >= 15 is 0 Å². The number of ether oxygens (including phenoxy) is 1. The molecule has 3 aliphatic carbocycles. The molecule has 1 heterocycles. The lowest BCUT2D eigenvalue weighted by molar-refractivity contribution is -0.124. The Kier molecular flexibility index (Phi) is 7.97. The molecule has 40 heavy (non-hydrogen) atoms. The predicted molar refractivity (Wildman–Crippen MR) is 157 cm³/mol. The molecule has 0 unspecified atom stereocenters. The van der Waals surface area contributed by atoms with E-state index in [1.165, 1.54) is 24.0 Å². The fraction of sp³-hybridized carbons (Fsp3) is 0.529. The summed E-state index contributed by atoms with van der Waals surface area (Å²) in [4.78, 5) is 16.1. The van der Waals surface area contributed by atoms with Crippen LogP contribution in [0.4, 0.5) is 5.69 Å². The number of aryl methyl sites for hydroxylation is 1. The van der Waals surface area contributed by atoms with Crippen LogP contribution in [0, 0.1) is 18.8 Å². The van der Waals surface area contributed by atoms with Gasteiger partial charge in [0, 0.05) is 35.7 Å². The van der Waals surface area contributed by atoms with Crippen molar-refractivity contribution < 1.29 is 19.2 Å². The van der Waals surface area contributed by atoms with Gasteiger partial charge in [-0.1, -0.05) is 29.4 Å². The summed E-state index contributed by atoms with van der Waals surface area (Å²) < 4.78 is 11.2. The Labute approximate surface area is 237 Å². The van der Waals surface area contributed by atoms with Gasteiger partial charge in [0.25, 0.3) is 0 Å². The summed E-state index contributed by atoms with van der Waals surface area (Å²) in [5, 5.41) is 14.3. The highest BCUT2D eigenvalue weighted by molar-refractivity contribution is 5.95. The third kappa shape index (κ3) is 5.97. The van der Waals surface area contributed by atoms with Crippen molar-refractivity contribution in [2.45, 2.75) is 89.1 Å². The van der Waals surface area contributed by atoms with Crippen LogP contribution >= 0.6 is 0 Å². The van der Waals surface area contributed by atoms with Crippen LogP contribution in [-0.2, 0) is 4.79 Å². The number of amides is 1. The van der Waals surface area contributed by atoms with Gasteiger partial charge < -0.3 is 19.3 Å². The van der Waals surface area contributed by atoms with Crippen LogP contribution in [0.5, 0.6) is 5.75 Å². The maximum Gasteiger partial charge on any atom is 0.230 e. The number of hydrogen-bond donors (Lipinski definition) is 1. The lowest BCUT2D eigenvalue weighted by atomic mass is 9.78. The van der Waals surface area contributed by atoms with Crippen LogP contribution in [0.25, 0.3) is 11.3 Å². The molecule has 2 aromatic carbocycles. The molecular weight excluding hydrogens is 500 g/mol. The van der Waals surface area contributed by atoms with Gasteiger partial charge in [-0.3, -0.25) is 4.79 Å². The molecule has 3 aliphatic rings. The van der Waals surface area contributed by atoms with Gasteiger partial charge >= 0.3 is 0 Å². The fourth-order valence-electron chi connectivity index (χ4n) is 6.78. The zero-order valence-corrected chi connectivity index (χ0v) is 23.9. The zero-order chi connectivity index (χ0) is 27.6. The summed E-state index contributed by atoms with van der Waals surface area (Å²) in [6.45, 7) is 2.85. The maximum atomic E-state index is 14.0. The van der Waals surface area contributed by atoms with E-state index < -0.39 is 0 Å². The number of rotatable bonds is 8. The van der Waals surface area contributed by atoms with Gasteiger partial charge in [0.1, 0.15) is 5.75 Å². The molecule has 6 rings (SSSR count). The van der Waals surface area contributed by atoms with Crippen LogP contribution in [-0.4, -0.2) is 35.9 Å². The number of nitrogens with zero attached hydrogens (tertiary/aromatic N) is 2. The smallest absolute Gasteiger partial charge is 0.230 e. The van der Waals surface area contributed by atoms with Crippen LogP contribution < -0.4 is 9.64 Å². The highest BCUT2D eigenvalue weighted by Crippen LogP contribution is 2.41. The molecular formula is C34H42N2O4. The Morgan fingerprint density at radius 1 is 0.950 bits per heavy atom. The van der Waals surface area contributed by atoms with E-state index in [0.29, 0.717) is 30.6 Å². The molecule has 0 aliphatic heterocycles. The van der Waals surface area contributed by atoms with Crippen LogP contribution in [0.1, 0.15) is 92.9 Å². The minimum Gasteiger partial charge on any atom is -0.496 e. The predicted octanol–water partition coefficient (Wildman–Crippen LogP) is 7.39. The second kappa shape index (κ2) is 11.8. The molecule has 3 saturated carbocycles.